The number of rotatable bonds is 6. The summed E-state index contributed by atoms with van der Waals surface area (Å²) in [5.74, 6) is 0.377. The van der Waals surface area contributed by atoms with Gasteiger partial charge in [-0.3, -0.25) is 9.08 Å². The predicted octanol–water partition coefficient (Wildman–Crippen LogP) is 2.66. The molecule has 144 valence electrons. The van der Waals surface area contributed by atoms with E-state index in [2.05, 4.69) is 5.16 Å². The van der Waals surface area contributed by atoms with Gasteiger partial charge in [-0.15, -0.1) is 0 Å². The van der Waals surface area contributed by atoms with Gasteiger partial charge in [-0.1, -0.05) is 19.0 Å². The summed E-state index contributed by atoms with van der Waals surface area (Å²) in [6.45, 7) is 3.90. The van der Waals surface area contributed by atoms with Gasteiger partial charge in [0, 0.05) is 12.0 Å². The van der Waals surface area contributed by atoms with Gasteiger partial charge in [0.15, 0.2) is 5.71 Å². The quantitative estimate of drug-likeness (QED) is 0.546. The summed E-state index contributed by atoms with van der Waals surface area (Å²) >= 11 is 0. The van der Waals surface area contributed by atoms with Crippen LogP contribution in [0.25, 0.3) is 0 Å². The van der Waals surface area contributed by atoms with E-state index in [0.717, 1.165) is 6.42 Å². The second-order valence-corrected chi connectivity index (χ2v) is 9.28. The largest absolute Gasteiger partial charge is 0.497 e. The smallest absolute Gasteiger partial charge is 0.329 e. The minimum Gasteiger partial charge on any atom is -0.497 e. The Hall–Kier alpha value is -2.40. The number of oxime groups is 1. The predicted molar refractivity (Wildman–Crippen MR) is 98.6 cm³/mol. The molecule has 2 unspecified atom stereocenters. The molecule has 0 amide bonds. The van der Waals surface area contributed by atoms with Gasteiger partial charge in [0.05, 0.1) is 12.5 Å². The molecular weight excluding hydrogens is 368 g/mol. The molecular formula is C19H22N2O5S. The lowest BCUT2D eigenvalue weighted by molar-refractivity contribution is -0.128. The highest BCUT2D eigenvalue weighted by Gasteiger charge is 2.65. The molecule has 1 aromatic rings. The number of carbonyl (C=O) groups excluding carboxylic acids is 1. The van der Waals surface area contributed by atoms with E-state index in [0.29, 0.717) is 24.2 Å². The van der Waals surface area contributed by atoms with E-state index >= 15 is 0 Å². The molecule has 0 heterocycles. The van der Waals surface area contributed by atoms with E-state index in [1.807, 2.05) is 19.9 Å². The SMILES string of the molecule is COc1ccc(/C(C#N)=N\OS(=O)(=O)CC23CCC(CC2=O)C3(C)C)cc1. The van der Waals surface area contributed by atoms with Crippen LogP contribution in [0.2, 0.25) is 0 Å². The molecule has 0 spiro atoms. The average Bonchev–Trinajstić information content (AvgIpc) is 2.96. The summed E-state index contributed by atoms with van der Waals surface area (Å²) in [6.07, 6.45) is 1.80. The summed E-state index contributed by atoms with van der Waals surface area (Å²) in [5, 5.41) is 12.8. The van der Waals surface area contributed by atoms with Gasteiger partial charge >= 0.3 is 10.1 Å². The highest BCUT2D eigenvalue weighted by atomic mass is 32.2. The van der Waals surface area contributed by atoms with Gasteiger partial charge in [-0.25, -0.2) is 0 Å². The van der Waals surface area contributed by atoms with Crippen molar-refractivity contribution in [2.24, 2.45) is 21.9 Å². The van der Waals surface area contributed by atoms with Crippen LogP contribution in [-0.2, 0) is 19.2 Å². The molecule has 2 fully saturated rings. The Morgan fingerprint density at radius 3 is 2.48 bits per heavy atom. The summed E-state index contributed by atoms with van der Waals surface area (Å²) in [4.78, 5) is 12.5. The van der Waals surface area contributed by atoms with E-state index in [-0.39, 0.29) is 17.4 Å². The zero-order chi connectivity index (χ0) is 19.9. The molecule has 8 heteroatoms. The summed E-state index contributed by atoms with van der Waals surface area (Å²) < 4.78 is 34.9. The van der Waals surface area contributed by atoms with Crippen molar-refractivity contribution < 1.29 is 22.2 Å². The van der Waals surface area contributed by atoms with E-state index in [4.69, 9.17) is 9.02 Å². The lowest BCUT2D eigenvalue weighted by Crippen LogP contribution is -2.42. The third-order valence-electron chi connectivity index (χ3n) is 6.27. The first kappa shape index (κ1) is 19.4. The first-order chi connectivity index (χ1) is 12.6. The summed E-state index contributed by atoms with van der Waals surface area (Å²) in [6, 6.07) is 8.27. The molecule has 1 aromatic carbocycles. The fraction of sp³-hybridized carbons (Fsp3) is 0.526. The number of ketones is 1. The fourth-order valence-corrected chi connectivity index (χ4v) is 5.94. The Morgan fingerprint density at radius 2 is 2.00 bits per heavy atom. The molecule has 0 radical (unpaired) electrons. The van der Waals surface area contributed by atoms with Crippen molar-refractivity contribution in [1.82, 2.24) is 0 Å². The number of benzene rings is 1. The van der Waals surface area contributed by atoms with E-state index in [1.165, 1.54) is 7.11 Å². The number of fused-ring (bicyclic) bond motifs is 2. The maximum atomic E-state index is 12.5. The highest BCUT2D eigenvalue weighted by molar-refractivity contribution is 7.86. The Balaban J connectivity index is 1.80. The van der Waals surface area contributed by atoms with E-state index < -0.39 is 26.7 Å². The van der Waals surface area contributed by atoms with E-state index in [9.17, 15) is 18.5 Å². The summed E-state index contributed by atoms with van der Waals surface area (Å²) in [5.41, 5.74) is -1.08. The number of hydrogen-bond donors (Lipinski definition) is 0. The number of methoxy groups -OCH3 is 1. The van der Waals surface area contributed by atoms with Crippen molar-refractivity contribution in [3.8, 4) is 11.8 Å². The molecule has 0 N–H and O–H groups in total. The maximum Gasteiger partial charge on any atom is 0.329 e. The summed E-state index contributed by atoms with van der Waals surface area (Å²) in [7, 11) is -2.61. The third kappa shape index (κ3) is 3.21. The Kier molecular flexibility index (Phi) is 4.76. The van der Waals surface area contributed by atoms with Crippen LogP contribution in [0.15, 0.2) is 29.4 Å². The Labute approximate surface area is 159 Å². The monoisotopic (exact) mass is 390 g/mol. The fourth-order valence-electron chi connectivity index (χ4n) is 4.42. The van der Waals surface area contributed by atoms with Crippen molar-refractivity contribution >= 4 is 21.6 Å². The van der Waals surface area contributed by atoms with Gasteiger partial charge in [0.2, 0.25) is 0 Å². The number of hydrogen-bond acceptors (Lipinski definition) is 7. The third-order valence-corrected chi connectivity index (χ3v) is 7.42. The molecule has 2 bridgehead atoms. The van der Waals surface area contributed by atoms with Gasteiger partial charge < -0.3 is 4.74 Å². The van der Waals surface area contributed by atoms with Crippen molar-refractivity contribution in [2.75, 3.05) is 12.9 Å². The number of Topliss-reactive ketones (excluding diaryl/α,β-unsaturated/α-hetero) is 1. The normalized spacial score (nSPS) is 26.7. The van der Waals surface area contributed by atoms with Crippen LogP contribution in [0.3, 0.4) is 0 Å². The van der Waals surface area contributed by atoms with Crippen molar-refractivity contribution in [2.45, 2.75) is 33.1 Å². The minimum atomic E-state index is -4.12. The maximum absolute atomic E-state index is 12.5. The zero-order valence-corrected chi connectivity index (χ0v) is 16.4. The number of nitrogens with zero attached hydrogens (tertiary/aromatic N) is 2. The molecule has 0 aliphatic heterocycles. The van der Waals surface area contributed by atoms with Gasteiger partial charge in [0.1, 0.15) is 23.4 Å². The Bertz CT molecular complexity index is 928. The van der Waals surface area contributed by atoms with Gasteiger partial charge in [-0.05, 0) is 48.4 Å². The standard InChI is InChI=1S/C19H22N2O5S/c1-18(2)14-8-9-19(18,17(22)10-14)12-27(23,24)26-21-16(11-20)13-4-6-15(25-3)7-5-13/h4-7,14H,8-10,12H2,1-3H3/b21-16-. The number of nitriles is 1. The molecule has 27 heavy (non-hydrogen) atoms. The Morgan fingerprint density at radius 1 is 1.33 bits per heavy atom. The first-order valence-electron chi connectivity index (χ1n) is 8.72. The molecule has 2 aliphatic rings. The second kappa shape index (κ2) is 6.64. The molecule has 0 saturated heterocycles. The first-order valence-corrected chi connectivity index (χ1v) is 10.3. The average molecular weight is 390 g/mol. The van der Waals surface area contributed by atoms with Crippen LogP contribution < -0.4 is 4.74 Å². The molecule has 2 saturated carbocycles. The lowest BCUT2D eigenvalue weighted by Gasteiger charge is -2.35. The van der Waals surface area contributed by atoms with Crippen molar-refractivity contribution in [3.63, 3.8) is 0 Å². The highest BCUT2D eigenvalue weighted by Crippen LogP contribution is 2.64. The van der Waals surface area contributed by atoms with E-state index in [1.54, 1.807) is 24.3 Å². The molecule has 7 nitrogen and oxygen atoms in total. The molecule has 2 atom stereocenters. The van der Waals surface area contributed by atoms with Crippen LogP contribution in [0.5, 0.6) is 5.75 Å². The van der Waals surface area contributed by atoms with Crippen LogP contribution in [0, 0.1) is 28.1 Å². The van der Waals surface area contributed by atoms with Gasteiger partial charge in [0.25, 0.3) is 0 Å². The molecule has 3 rings (SSSR count). The number of carbonyl (C=O) groups is 1. The second-order valence-electron chi connectivity index (χ2n) is 7.72. The number of ether oxygens (including phenoxy) is 1. The molecule has 2 aliphatic carbocycles. The zero-order valence-electron chi connectivity index (χ0n) is 15.6. The topological polar surface area (TPSA) is 106 Å². The van der Waals surface area contributed by atoms with Crippen LogP contribution >= 0.6 is 0 Å². The van der Waals surface area contributed by atoms with Crippen LogP contribution in [0.1, 0.15) is 38.7 Å². The molecule has 0 aromatic heterocycles. The van der Waals surface area contributed by atoms with Crippen LogP contribution in [-0.4, -0.2) is 32.8 Å². The van der Waals surface area contributed by atoms with Crippen LogP contribution in [0.4, 0.5) is 0 Å². The lowest BCUT2D eigenvalue weighted by atomic mass is 9.70. The van der Waals surface area contributed by atoms with Crippen molar-refractivity contribution in [3.05, 3.63) is 29.8 Å². The van der Waals surface area contributed by atoms with Gasteiger partial charge in [-0.2, -0.15) is 13.7 Å². The minimum absolute atomic E-state index is 0.0180. The van der Waals surface area contributed by atoms with Crippen molar-refractivity contribution in [1.29, 1.82) is 5.26 Å².